The number of halogens is 3. The molecule has 0 unspecified atom stereocenters. The Morgan fingerprint density at radius 3 is 2.67 bits per heavy atom. The number of pyridine rings is 1. The largest absolute Gasteiger partial charge is 0.478 e. The molecule has 0 saturated heterocycles. The van der Waals surface area contributed by atoms with Crippen LogP contribution in [0.1, 0.15) is 33.6 Å². The Morgan fingerprint density at radius 2 is 2.27 bits per heavy atom. The van der Waals surface area contributed by atoms with Crippen molar-refractivity contribution in [3.8, 4) is 0 Å². The maximum absolute atomic E-state index is 12.5. The van der Waals surface area contributed by atoms with Gasteiger partial charge in [0.25, 0.3) is 6.43 Å². The quantitative estimate of drug-likeness (QED) is 0.866. The Bertz CT molecular complexity index is 396. The maximum atomic E-state index is 12.5. The van der Waals surface area contributed by atoms with E-state index in [-0.39, 0.29) is 27.7 Å². The van der Waals surface area contributed by atoms with Crippen molar-refractivity contribution in [2.24, 2.45) is 0 Å². The average molecular weight is 280 g/mol. The molecule has 1 aromatic rings. The van der Waals surface area contributed by atoms with Gasteiger partial charge in [-0.05, 0) is 12.5 Å². The topological polar surface area (TPSA) is 50.2 Å². The Hall–Kier alpha value is -1.04. The molecule has 1 rings (SSSR count). The van der Waals surface area contributed by atoms with E-state index in [0.717, 1.165) is 6.20 Å². The fourth-order valence-electron chi connectivity index (χ4n) is 1.27. The van der Waals surface area contributed by atoms with E-state index in [1.54, 1.807) is 0 Å². The summed E-state index contributed by atoms with van der Waals surface area (Å²) in [7, 11) is 0. The van der Waals surface area contributed by atoms with E-state index in [2.05, 4.69) is 20.9 Å². The third-order valence-corrected chi connectivity index (χ3v) is 2.56. The fourth-order valence-corrected chi connectivity index (χ4v) is 1.70. The molecule has 0 aliphatic carbocycles. The van der Waals surface area contributed by atoms with E-state index >= 15 is 0 Å². The zero-order chi connectivity index (χ0) is 11.6. The number of hydrogen-bond acceptors (Lipinski definition) is 2. The van der Waals surface area contributed by atoms with Crippen molar-refractivity contribution in [3.05, 3.63) is 28.6 Å². The van der Waals surface area contributed by atoms with Crippen LogP contribution in [0.25, 0.3) is 0 Å². The highest BCUT2D eigenvalue weighted by molar-refractivity contribution is 9.08. The van der Waals surface area contributed by atoms with Gasteiger partial charge in [-0.1, -0.05) is 15.9 Å². The summed E-state index contributed by atoms with van der Waals surface area (Å²) in [5.74, 6) is -1.24. The van der Waals surface area contributed by atoms with Gasteiger partial charge in [0.2, 0.25) is 0 Å². The number of carbonyl (C=O) groups is 1. The number of aromatic nitrogens is 1. The van der Waals surface area contributed by atoms with Crippen LogP contribution in [-0.4, -0.2) is 16.1 Å². The van der Waals surface area contributed by atoms with Gasteiger partial charge in [-0.25, -0.2) is 13.6 Å². The zero-order valence-electron chi connectivity index (χ0n) is 7.80. The lowest BCUT2D eigenvalue weighted by atomic mass is 10.0. The van der Waals surface area contributed by atoms with Crippen LogP contribution < -0.4 is 0 Å². The van der Waals surface area contributed by atoms with E-state index in [0.29, 0.717) is 0 Å². The standard InChI is InChI=1S/C9H8BrF2NO2/c1-4-5(8(11)12)3-13-6(2-10)7(4)9(14)15/h3,8H,2H2,1H3,(H,14,15). The molecule has 0 aliphatic rings. The van der Waals surface area contributed by atoms with Crippen molar-refractivity contribution >= 4 is 21.9 Å². The molecular formula is C9H8BrF2NO2. The summed E-state index contributed by atoms with van der Waals surface area (Å²) >= 11 is 3.06. The molecule has 0 bridgehead atoms. The SMILES string of the molecule is Cc1c(C(F)F)cnc(CBr)c1C(=O)O. The Labute approximate surface area is 93.3 Å². The number of nitrogens with zero attached hydrogens (tertiary/aromatic N) is 1. The first kappa shape index (κ1) is 12.0. The Kier molecular flexibility index (Phi) is 3.73. The molecule has 0 amide bonds. The van der Waals surface area contributed by atoms with Gasteiger partial charge < -0.3 is 5.11 Å². The van der Waals surface area contributed by atoms with Crippen LogP contribution in [-0.2, 0) is 5.33 Å². The minimum absolute atomic E-state index is 0.0713. The lowest BCUT2D eigenvalue weighted by molar-refractivity contribution is 0.0694. The lowest BCUT2D eigenvalue weighted by Crippen LogP contribution is -2.09. The molecule has 82 valence electrons. The third kappa shape index (κ3) is 2.31. The number of carboxylic acids is 1. The van der Waals surface area contributed by atoms with Crippen molar-refractivity contribution in [2.75, 3.05) is 0 Å². The molecule has 1 N–H and O–H groups in total. The molecule has 0 aliphatic heterocycles. The van der Waals surface area contributed by atoms with Crippen LogP contribution in [0, 0.1) is 6.92 Å². The first-order valence-electron chi connectivity index (χ1n) is 4.04. The number of hydrogen-bond donors (Lipinski definition) is 1. The first-order chi connectivity index (χ1) is 6.99. The summed E-state index contributed by atoms with van der Waals surface area (Å²) in [6.07, 6.45) is -1.69. The monoisotopic (exact) mass is 279 g/mol. The van der Waals surface area contributed by atoms with Gasteiger partial charge in [-0.2, -0.15) is 0 Å². The summed E-state index contributed by atoms with van der Waals surface area (Å²) < 4.78 is 24.9. The van der Waals surface area contributed by atoms with Crippen LogP contribution >= 0.6 is 15.9 Å². The van der Waals surface area contributed by atoms with Gasteiger partial charge in [-0.3, -0.25) is 4.98 Å². The van der Waals surface area contributed by atoms with Crippen molar-refractivity contribution in [2.45, 2.75) is 18.7 Å². The molecule has 3 nitrogen and oxygen atoms in total. The molecule has 1 aromatic heterocycles. The second-order valence-electron chi connectivity index (χ2n) is 2.90. The second kappa shape index (κ2) is 4.65. The van der Waals surface area contributed by atoms with Gasteiger partial charge in [0.05, 0.1) is 11.3 Å². The van der Waals surface area contributed by atoms with Crippen LogP contribution in [0.5, 0.6) is 0 Å². The fraction of sp³-hybridized carbons (Fsp3) is 0.333. The summed E-state index contributed by atoms with van der Waals surface area (Å²) in [5.41, 5.74) is -0.159. The number of aromatic carboxylic acids is 1. The highest BCUT2D eigenvalue weighted by Gasteiger charge is 2.20. The Morgan fingerprint density at radius 1 is 1.67 bits per heavy atom. The van der Waals surface area contributed by atoms with Crippen molar-refractivity contribution in [3.63, 3.8) is 0 Å². The molecule has 0 fully saturated rings. The van der Waals surface area contributed by atoms with Crippen LogP contribution in [0.4, 0.5) is 8.78 Å². The predicted octanol–water partition coefficient (Wildman–Crippen LogP) is 2.92. The smallest absolute Gasteiger partial charge is 0.337 e. The minimum atomic E-state index is -2.71. The molecule has 0 saturated carbocycles. The molecule has 0 radical (unpaired) electrons. The van der Waals surface area contributed by atoms with E-state index in [1.807, 2.05) is 0 Å². The summed E-state index contributed by atoms with van der Waals surface area (Å²) in [6.45, 7) is 1.36. The van der Waals surface area contributed by atoms with Crippen molar-refractivity contribution < 1.29 is 18.7 Å². The number of carboxylic acid groups (broad SMARTS) is 1. The van der Waals surface area contributed by atoms with Gasteiger partial charge in [0, 0.05) is 17.1 Å². The van der Waals surface area contributed by atoms with Gasteiger partial charge in [0.15, 0.2) is 0 Å². The van der Waals surface area contributed by atoms with E-state index in [9.17, 15) is 13.6 Å². The predicted molar refractivity (Wildman–Crippen MR) is 53.5 cm³/mol. The first-order valence-corrected chi connectivity index (χ1v) is 5.17. The summed E-state index contributed by atoms with van der Waals surface area (Å²) in [6, 6.07) is 0. The summed E-state index contributed by atoms with van der Waals surface area (Å²) in [5, 5.41) is 9.10. The van der Waals surface area contributed by atoms with Gasteiger partial charge in [0.1, 0.15) is 0 Å². The number of alkyl halides is 3. The minimum Gasteiger partial charge on any atom is -0.478 e. The van der Waals surface area contributed by atoms with Crippen LogP contribution in [0.15, 0.2) is 6.20 Å². The van der Waals surface area contributed by atoms with Gasteiger partial charge >= 0.3 is 5.97 Å². The lowest BCUT2D eigenvalue weighted by Gasteiger charge is -2.10. The zero-order valence-corrected chi connectivity index (χ0v) is 9.38. The molecule has 1 heterocycles. The highest BCUT2D eigenvalue weighted by atomic mass is 79.9. The van der Waals surface area contributed by atoms with E-state index in [1.165, 1.54) is 6.92 Å². The van der Waals surface area contributed by atoms with Crippen LogP contribution in [0.2, 0.25) is 0 Å². The van der Waals surface area contributed by atoms with Crippen LogP contribution in [0.3, 0.4) is 0 Å². The van der Waals surface area contributed by atoms with Gasteiger partial charge in [-0.15, -0.1) is 0 Å². The number of rotatable bonds is 3. The van der Waals surface area contributed by atoms with E-state index in [4.69, 9.17) is 5.11 Å². The normalized spacial score (nSPS) is 10.7. The molecule has 0 spiro atoms. The highest BCUT2D eigenvalue weighted by Crippen LogP contribution is 2.26. The van der Waals surface area contributed by atoms with E-state index < -0.39 is 12.4 Å². The molecule has 0 aromatic carbocycles. The van der Waals surface area contributed by atoms with Crippen molar-refractivity contribution in [1.29, 1.82) is 0 Å². The average Bonchev–Trinajstić information content (AvgIpc) is 2.15. The third-order valence-electron chi connectivity index (χ3n) is 2.03. The molecule has 0 atom stereocenters. The molecule has 15 heavy (non-hydrogen) atoms. The second-order valence-corrected chi connectivity index (χ2v) is 3.46. The summed E-state index contributed by atoms with van der Waals surface area (Å²) in [4.78, 5) is 14.6. The molecular weight excluding hydrogens is 272 g/mol. The maximum Gasteiger partial charge on any atom is 0.337 e. The Balaban J connectivity index is 3.42. The van der Waals surface area contributed by atoms with Crippen molar-refractivity contribution in [1.82, 2.24) is 4.98 Å². The molecule has 6 heteroatoms.